The maximum Gasteiger partial charge on any atom is 0.238 e. The molecule has 6 heteroatoms. The Morgan fingerprint density at radius 1 is 1.32 bits per heavy atom. The van der Waals surface area contributed by atoms with E-state index in [1.54, 1.807) is 13.0 Å². The quantitative estimate of drug-likeness (QED) is 0.762. The van der Waals surface area contributed by atoms with Gasteiger partial charge < -0.3 is 5.32 Å². The van der Waals surface area contributed by atoms with Gasteiger partial charge in [-0.05, 0) is 70.3 Å². The zero-order chi connectivity index (χ0) is 18.0. The van der Waals surface area contributed by atoms with Crippen LogP contribution in [0.15, 0.2) is 18.2 Å². The van der Waals surface area contributed by atoms with Gasteiger partial charge in [-0.1, -0.05) is 12.1 Å². The standard InChI is InChI=1S/C19H29FN4O/c1-13-10-14(6-7-15(13)20)16-11-17(23-22-16)18(25)21-12-19(2,3)24-8-4-5-9-24/h6-7,10,16-17,22-23H,4-5,8-9,11-12H2,1-3H3,(H,21,25). The first-order chi connectivity index (χ1) is 11.9. The molecule has 0 aromatic heterocycles. The fourth-order valence-electron chi connectivity index (χ4n) is 3.69. The molecule has 1 amide bonds. The lowest BCUT2D eigenvalue weighted by molar-refractivity contribution is -0.123. The average molecular weight is 348 g/mol. The molecule has 0 bridgehead atoms. The number of hydrogen-bond donors (Lipinski definition) is 3. The van der Waals surface area contributed by atoms with Crippen molar-refractivity contribution in [2.24, 2.45) is 0 Å². The Hall–Kier alpha value is -1.50. The number of hydrogen-bond acceptors (Lipinski definition) is 4. The van der Waals surface area contributed by atoms with Crippen LogP contribution in [0.2, 0.25) is 0 Å². The Morgan fingerprint density at radius 3 is 2.72 bits per heavy atom. The smallest absolute Gasteiger partial charge is 0.238 e. The molecule has 0 radical (unpaired) electrons. The highest BCUT2D eigenvalue weighted by Crippen LogP contribution is 2.24. The summed E-state index contributed by atoms with van der Waals surface area (Å²) in [4.78, 5) is 15.0. The van der Waals surface area contributed by atoms with E-state index in [2.05, 4.69) is 34.9 Å². The van der Waals surface area contributed by atoms with Gasteiger partial charge in [0.15, 0.2) is 0 Å². The topological polar surface area (TPSA) is 56.4 Å². The highest BCUT2D eigenvalue weighted by atomic mass is 19.1. The molecule has 1 aromatic carbocycles. The second-order valence-corrected chi connectivity index (χ2v) is 7.86. The van der Waals surface area contributed by atoms with E-state index < -0.39 is 0 Å². The fraction of sp³-hybridized carbons (Fsp3) is 0.632. The molecule has 0 saturated carbocycles. The Balaban J connectivity index is 1.52. The molecule has 2 atom stereocenters. The summed E-state index contributed by atoms with van der Waals surface area (Å²) in [5.74, 6) is -0.186. The van der Waals surface area contributed by atoms with Crippen LogP contribution < -0.4 is 16.2 Å². The van der Waals surface area contributed by atoms with Crippen LogP contribution in [-0.2, 0) is 4.79 Å². The van der Waals surface area contributed by atoms with E-state index in [-0.39, 0.29) is 29.3 Å². The van der Waals surface area contributed by atoms with Gasteiger partial charge in [0, 0.05) is 18.1 Å². The molecule has 1 aromatic rings. The zero-order valence-corrected chi connectivity index (χ0v) is 15.4. The van der Waals surface area contributed by atoms with Gasteiger partial charge in [0.25, 0.3) is 0 Å². The van der Waals surface area contributed by atoms with Crippen LogP contribution in [-0.4, -0.2) is 42.0 Å². The molecule has 5 nitrogen and oxygen atoms in total. The molecule has 2 fully saturated rings. The molecule has 2 saturated heterocycles. The van der Waals surface area contributed by atoms with E-state index in [1.807, 2.05) is 6.07 Å². The predicted octanol–water partition coefficient (Wildman–Crippen LogP) is 2.03. The first kappa shape index (κ1) is 18.3. The van der Waals surface area contributed by atoms with Crippen LogP contribution in [0, 0.1) is 12.7 Å². The van der Waals surface area contributed by atoms with E-state index in [0.29, 0.717) is 18.5 Å². The summed E-state index contributed by atoms with van der Waals surface area (Å²) in [7, 11) is 0. The van der Waals surface area contributed by atoms with E-state index in [9.17, 15) is 9.18 Å². The Morgan fingerprint density at radius 2 is 2.04 bits per heavy atom. The van der Waals surface area contributed by atoms with Crippen LogP contribution in [0.1, 0.15) is 50.3 Å². The third kappa shape index (κ3) is 4.19. The van der Waals surface area contributed by atoms with Crippen molar-refractivity contribution in [2.75, 3.05) is 19.6 Å². The lowest BCUT2D eigenvalue weighted by Gasteiger charge is -2.35. The molecule has 2 unspecified atom stereocenters. The van der Waals surface area contributed by atoms with Gasteiger partial charge in [-0.15, -0.1) is 0 Å². The van der Waals surface area contributed by atoms with Crippen molar-refractivity contribution < 1.29 is 9.18 Å². The zero-order valence-electron chi connectivity index (χ0n) is 15.4. The van der Waals surface area contributed by atoms with Crippen LogP contribution in [0.3, 0.4) is 0 Å². The Bertz CT molecular complexity index is 628. The normalized spacial score (nSPS) is 24.6. The number of rotatable bonds is 5. The third-order valence-electron chi connectivity index (χ3n) is 5.46. The van der Waals surface area contributed by atoms with Gasteiger partial charge in [-0.25, -0.2) is 15.2 Å². The third-order valence-corrected chi connectivity index (χ3v) is 5.46. The molecule has 138 valence electrons. The van der Waals surface area contributed by atoms with Crippen molar-refractivity contribution in [1.82, 2.24) is 21.1 Å². The number of carbonyl (C=O) groups is 1. The molecule has 3 N–H and O–H groups in total. The number of nitrogens with zero attached hydrogens (tertiary/aromatic N) is 1. The molecule has 2 aliphatic heterocycles. The number of hydrazine groups is 1. The molecule has 2 heterocycles. The second-order valence-electron chi connectivity index (χ2n) is 7.86. The fourth-order valence-corrected chi connectivity index (χ4v) is 3.69. The van der Waals surface area contributed by atoms with Gasteiger partial charge in [0.1, 0.15) is 11.9 Å². The van der Waals surface area contributed by atoms with Crippen molar-refractivity contribution in [1.29, 1.82) is 0 Å². The van der Waals surface area contributed by atoms with Crippen LogP contribution in [0.5, 0.6) is 0 Å². The van der Waals surface area contributed by atoms with Gasteiger partial charge in [0.05, 0.1) is 0 Å². The first-order valence-electron chi connectivity index (χ1n) is 9.17. The maximum atomic E-state index is 13.4. The minimum Gasteiger partial charge on any atom is -0.353 e. The summed E-state index contributed by atoms with van der Waals surface area (Å²) >= 11 is 0. The molecule has 0 spiro atoms. The van der Waals surface area contributed by atoms with Crippen LogP contribution in [0.4, 0.5) is 4.39 Å². The number of amides is 1. The molecule has 2 aliphatic rings. The first-order valence-corrected chi connectivity index (χ1v) is 9.17. The van der Waals surface area contributed by atoms with Crippen molar-refractivity contribution >= 4 is 5.91 Å². The van der Waals surface area contributed by atoms with Gasteiger partial charge in [-0.3, -0.25) is 9.69 Å². The number of likely N-dealkylation sites (tertiary alicyclic amines) is 1. The molecular formula is C19H29FN4O. The average Bonchev–Trinajstić information content (AvgIpc) is 3.27. The summed E-state index contributed by atoms with van der Waals surface area (Å²) in [5.41, 5.74) is 7.84. The van der Waals surface area contributed by atoms with Crippen molar-refractivity contribution in [3.05, 3.63) is 35.1 Å². The lowest BCUT2D eigenvalue weighted by Crippen LogP contribution is -2.53. The summed E-state index contributed by atoms with van der Waals surface area (Å²) in [6.45, 7) is 8.98. The summed E-state index contributed by atoms with van der Waals surface area (Å²) in [6.07, 6.45) is 3.13. The number of aryl methyl sites for hydroxylation is 1. The minimum absolute atomic E-state index is 0.0149. The molecule has 25 heavy (non-hydrogen) atoms. The van der Waals surface area contributed by atoms with Crippen molar-refractivity contribution in [2.45, 2.75) is 57.7 Å². The monoisotopic (exact) mass is 348 g/mol. The van der Waals surface area contributed by atoms with E-state index in [0.717, 1.165) is 18.7 Å². The Kier molecular flexibility index (Phi) is 5.41. The highest BCUT2D eigenvalue weighted by molar-refractivity contribution is 5.82. The number of carbonyl (C=O) groups excluding carboxylic acids is 1. The number of nitrogens with one attached hydrogen (secondary N) is 3. The van der Waals surface area contributed by atoms with Gasteiger partial charge in [0.2, 0.25) is 5.91 Å². The van der Waals surface area contributed by atoms with E-state index in [4.69, 9.17) is 0 Å². The van der Waals surface area contributed by atoms with Crippen LogP contribution >= 0.6 is 0 Å². The van der Waals surface area contributed by atoms with E-state index >= 15 is 0 Å². The van der Waals surface area contributed by atoms with E-state index in [1.165, 1.54) is 18.9 Å². The molecule has 0 aliphatic carbocycles. The lowest BCUT2D eigenvalue weighted by atomic mass is 9.99. The van der Waals surface area contributed by atoms with Crippen molar-refractivity contribution in [3.63, 3.8) is 0 Å². The summed E-state index contributed by atoms with van der Waals surface area (Å²) in [6, 6.07) is 4.84. The number of benzene rings is 1. The highest BCUT2D eigenvalue weighted by Gasteiger charge is 2.33. The SMILES string of the molecule is Cc1cc(C2CC(C(=O)NCC(C)(C)N3CCCC3)NN2)ccc1F. The van der Waals surface area contributed by atoms with Gasteiger partial charge >= 0.3 is 0 Å². The second kappa shape index (κ2) is 7.40. The largest absolute Gasteiger partial charge is 0.353 e. The summed E-state index contributed by atoms with van der Waals surface area (Å²) in [5, 5.41) is 3.09. The summed E-state index contributed by atoms with van der Waals surface area (Å²) < 4.78 is 13.4. The minimum atomic E-state index is -0.273. The van der Waals surface area contributed by atoms with Crippen molar-refractivity contribution in [3.8, 4) is 0 Å². The molecular weight excluding hydrogens is 319 g/mol. The van der Waals surface area contributed by atoms with Crippen LogP contribution in [0.25, 0.3) is 0 Å². The van der Waals surface area contributed by atoms with Gasteiger partial charge in [-0.2, -0.15) is 0 Å². The molecule has 3 rings (SSSR count). The Labute approximate surface area is 149 Å². The predicted molar refractivity (Wildman–Crippen MR) is 96.5 cm³/mol. The number of halogens is 1. The maximum absolute atomic E-state index is 13.4.